The quantitative estimate of drug-likeness (QED) is 0.0499. The van der Waals surface area contributed by atoms with Crippen molar-refractivity contribution in [1.82, 2.24) is 25.5 Å². The van der Waals surface area contributed by atoms with E-state index in [0.717, 1.165) is 39.9 Å². The summed E-state index contributed by atoms with van der Waals surface area (Å²) in [5.41, 5.74) is 9.45. The average Bonchev–Trinajstić information content (AvgIpc) is 4.11. The summed E-state index contributed by atoms with van der Waals surface area (Å²) in [6.07, 6.45) is 12.3. The summed E-state index contributed by atoms with van der Waals surface area (Å²) in [7, 11) is 0. The number of hydrogen-bond acceptors (Lipinski definition) is 10. The number of carboxylic acid groups (broad SMARTS) is 1. The first-order valence-electron chi connectivity index (χ1n) is 21.1. The zero-order chi connectivity index (χ0) is 43.1. The number of aromatic nitrogens is 5. The standard InChI is InChI=1S/C28H26N4O4.C22H23NO3/c1-2-3-4-5-8-20-11-13-22(14-12-20)27-19-25(30-34-27)21-15-17-23(18-16-21)28(33)35-36-32-26-10-7-6-9-24(26)29-31-32;1-2-3-4-5-6-16-7-9-18(10-8-16)21-15-20(23-26-21)17-11-13-19(14-12-17)22(24)25/h6-7,9-19H,2-5,8H2,1H3;7-15H,2-6H2,1H3,(H,24,25). The minimum Gasteiger partial charge on any atom is -0.478 e. The molecule has 8 aromatic rings. The lowest BCUT2D eigenvalue weighted by Gasteiger charge is -2.03. The van der Waals surface area contributed by atoms with E-state index >= 15 is 0 Å². The van der Waals surface area contributed by atoms with Gasteiger partial charge in [0.25, 0.3) is 0 Å². The monoisotopic (exact) mass is 831 g/mol. The molecule has 8 rings (SSSR count). The molecule has 0 atom stereocenters. The summed E-state index contributed by atoms with van der Waals surface area (Å²) in [5.74, 6) is -0.191. The largest absolute Gasteiger partial charge is 0.478 e. The van der Waals surface area contributed by atoms with Crippen LogP contribution in [0.3, 0.4) is 0 Å². The highest BCUT2D eigenvalue weighted by Gasteiger charge is 2.15. The molecular weight excluding hydrogens is 783 g/mol. The number of rotatable bonds is 18. The normalized spacial score (nSPS) is 10.9. The first-order valence-corrected chi connectivity index (χ1v) is 21.1. The number of carbonyl (C=O) groups is 2. The van der Waals surface area contributed by atoms with Crippen molar-refractivity contribution in [2.24, 2.45) is 0 Å². The lowest BCUT2D eigenvalue weighted by molar-refractivity contribution is -0.248. The molecule has 3 aromatic heterocycles. The van der Waals surface area contributed by atoms with E-state index in [-0.39, 0.29) is 5.56 Å². The predicted octanol–water partition coefficient (Wildman–Crippen LogP) is 11.9. The maximum absolute atomic E-state index is 12.4. The zero-order valence-corrected chi connectivity index (χ0v) is 34.9. The highest BCUT2D eigenvalue weighted by Crippen LogP contribution is 2.28. The number of nitrogens with zero attached hydrogens (tertiary/aromatic N) is 5. The van der Waals surface area contributed by atoms with Crippen LogP contribution in [0.2, 0.25) is 0 Å². The Morgan fingerprint density at radius 1 is 0.581 bits per heavy atom. The van der Waals surface area contributed by atoms with Gasteiger partial charge in [-0.2, -0.15) is 4.99 Å². The molecule has 0 bridgehead atoms. The van der Waals surface area contributed by atoms with Crippen LogP contribution < -0.4 is 4.99 Å². The third kappa shape index (κ3) is 11.3. The molecule has 1 N–H and O–H groups in total. The maximum Gasteiger partial charge on any atom is 0.388 e. The van der Waals surface area contributed by atoms with Gasteiger partial charge in [0.2, 0.25) is 0 Å². The van der Waals surface area contributed by atoms with Gasteiger partial charge in [-0.1, -0.05) is 148 Å². The molecule has 12 heteroatoms. The summed E-state index contributed by atoms with van der Waals surface area (Å²) in [6.45, 7) is 4.45. The summed E-state index contributed by atoms with van der Waals surface area (Å²) >= 11 is 0. The van der Waals surface area contributed by atoms with Gasteiger partial charge in [-0.05, 0) is 83.3 Å². The Kier molecular flexibility index (Phi) is 14.7. The molecule has 12 nitrogen and oxygen atoms in total. The second-order valence-corrected chi connectivity index (χ2v) is 15.0. The number of hydrogen-bond donors (Lipinski definition) is 1. The first kappa shape index (κ1) is 42.8. The van der Waals surface area contributed by atoms with Crippen LogP contribution in [-0.4, -0.2) is 42.5 Å². The molecule has 3 heterocycles. The molecule has 0 fully saturated rings. The first-order chi connectivity index (χ1) is 30.4. The number of carbonyl (C=O) groups excluding carboxylic acids is 1. The Hall–Kier alpha value is -7.34. The number of benzene rings is 5. The van der Waals surface area contributed by atoms with Crippen LogP contribution in [0.1, 0.15) is 97.1 Å². The van der Waals surface area contributed by atoms with Crippen LogP contribution in [0.5, 0.6) is 0 Å². The van der Waals surface area contributed by atoms with Crippen LogP contribution >= 0.6 is 0 Å². The highest BCUT2D eigenvalue weighted by molar-refractivity contribution is 5.90. The molecule has 316 valence electrons. The average molecular weight is 832 g/mol. The van der Waals surface area contributed by atoms with Crippen molar-refractivity contribution >= 4 is 23.0 Å². The Bertz CT molecular complexity index is 2650. The summed E-state index contributed by atoms with van der Waals surface area (Å²) in [5, 5.41) is 25.0. The van der Waals surface area contributed by atoms with Gasteiger partial charge in [0.1, 0.15) is 22.4 Å². The SMILES string of the molecule is CCCCCCc1ccc(-c2cc(-c3ccc(C(=O)O)cc3)no2)cc1.CCCCCCc1ccc(-c2cc(-c3ccc(C(=O)OOn4nnc5ccccc54)cc3)no2)cc1. The fraction of sp³-hybridized carbons (Fsp3) is 0.240. The Morgan fingerprint density at radius 3 is 1.56 bits per heavy atom. The fourth-order valence-corrected chi connectivity index (χ4v) is 6.86. The molecule has 0 radical (unpaired) electrons. The van der Waals surface area contributed by atoms with Crippen LogP contribution in [0, 0.1) is 0 Å². The molecule has 0 saturated heterocycles. The number of para-hydroxylation sites is 1. The van der Waals surface area contributed by atoms with E-state index in [4.69, 9.17) is 24.0 Å². The van der Waals surface area contributed by atoms with E-state index in [1.807, 2.05) is 24.3 Å². The van der Waals surface area contributed by atoms with Gasteiger partial charge < -0.3 is 14.2 Å². The summed E-state index contributed by atoms with van der Waals surface area (Å²) in [4.78, 5) is 34.3. The predicted molar refractivity (Wildman–Crippen MR) is 237 cm³/mol. The third-order valence-electron chi connectivity index (χ3n) is 10.5. The number of fused-ring (bicyclic) bond motifs is 1. The molecule has 0 aliphatic rings. The number of aryl methyl sites for hydroxylation is 2. The number of unbranched alkanes of at least 4 members (excludes halogenated alkanes) is 6. The van der Waals surface area contributed by atoms with Gasteiger partial charge in [0.15, 0.2) is 11.5 Å². The van der Waals surface area contributed by atoms with Crippen LogP contribution in [0.25, 0.3) is 56.2 Å². The van der Waals surface area contributed by atoms with Gasteiger partial charge in [-0.25, -0.2) is 14.5 Å². The van der Waals surface area contributed by atoms with E-state index in [0.29, 0.717) is 39.5 Å². The van der Waals surface area contributed by atoms with Gasteiger partial charge in [0, 0.05) is 34.4 Å². The van der Waals surface area contributed by atoms with Crippen molar-refractivity contribution in [2.75, 3.05) is 0 Å². The minimum atomic E-state index is -0.938. The van der Waals surface area contributed by atoms with E-state index in [1.54, 1.807) is 60.7 Å². The van der Waals surface area contributed by atoms with Crippen molar-refractivity contribution in [3.63, 3.8) is 0 Å². The van der Waals surface area contributed by atoms with Crippen molar-refractivity contribution < 1.29 is 33.6 Å². The Labute approximate surface area is 360 Å². The zero-order valence-electron chi connectivity index (χ0n) is 34.9. The molecule has 0 amide bonds. The van der Waals surface area contributed by atoms with E-state index < -0.39 is 11.9 Å². The lowest BCUT2D eigenvalue weighted by Crippen LogP contribution is -2.18. The van der Waals surface area contributed by atoms with Crippen LogP contribution in [0.15, 0.2) is 143 Å². The second kappa shape index (κ2) is 21.3. The van der Waals surface area contributed by atoms with Gasteiger partial charge in [-0.3, -0.25) is 0 Å². The molecule has 0 spiro atoms. The van der Waals surface area contributed by atoms with E-state index in [9.17, 15) is 9.59 Å². The topological polar surface area (TPSA) is 156 Å². The fourth-order valence-electron chi connectivity index (χ4n) is 6.86. The summed E-state index contributed by atoms with van der Waals surface area (Å²) < 4.78 is 11.0. The molecule has 0 saturated carbocycles. The van der Waals surface area contributed by atoms with Gasteiger partial charge >= 0.3 is 11.9 Å². The van der Waals surface area contributed by atoms with E-state index in [2.05, 4.69) is 83.0 Å². The molecule has 5 aromatic carbocycles. The maximum atomic E-state index is 12.4. The van der Waals surface area contributed by atoms with Gasteiger partial charge in [-0.15, -0.1) is 5.10 Å². The number of aromatic carboxylic acids is 1. The van der Waals surface area contributed by atoms with Crippen molar-refractivity contribution in [2.45, 2.75) is 78.1 Å². The van der Waals surface area contributed by atoms with Crippen LogP contribution in [-0.2, 0) is 17.7 Å². The summed E-state index contributed by atoms with van der Waals surface area (Å²) in [6, 6.07) is 41.3. The van der Waals surface area contributed by atoms with Crippen molar-refractivity contribution in [1.29, 1.82) is 0 Å². The number of carboxylic acids is 1. The molecule has 0 aliphatic heterocycles. The highest BCUT2D eigenvalue weighted by atomic mass is 17.3. The molecule has 0 unspecified atom stereocenters. The van der Waals surface area contributed by atoms with E-state index in [1.165, 1.54) is 62.5 Å². The third-order valence-corrected chi connectivity index (χ3v) is 10.5. The Balaban J connectivity index is 0.000000197. The van der Waals surface area contributed by atoms with Crippen LogP contribution in [0.4, 0.5) is 0 Å². The molecule has 62 heavy (non-hydrogen) atoms. The lowest BCUT2D eigenvalue weighted by atomic mass is 10.0. The smallest absolute Gasteiger partial charge is 0.388 e. The second-order valence-electron chi connectivity index (χ2n) is 15.0. The van der Waals surface area contributed by atoms with Crippen molar-refractivity contribution in [3.05, 3.63) is 156 Å². The minimum absolute atomic E-state index is 0.256. The molecular formula is C50H49N5O7. The van der Waals surface area contributed by atoms with Gasteiger partial charge in [0.05, 0.1) is 11.1 Å². The van der Waals surface area contributed by atoms with Crippen molar-refractivity contribution in [3.8, 4) is 45.2 Å². The Morgan fingerprint density at radius 2 is 1.06 bits per heavy atom. The molecule has 0 aliphatic carbocycles.